The van der Waals surface area contributed by atoms with Gasteiger partial charge in [-0.2, -0.15) is 0 Å². The summed E-state index contributed by atoms with van der Waals surface area (Å²) in [6, 6.07) is 10.4. The Bertz CT molecular complexity index is 792. The van der Waals surface area contributed by atoms with Crippen LogP contribution in [0.15, 0.2) is 40.5 Å². The minimum atomic E-state index is -0.885. The first-order valence-corrected chi connectivity index (χ1v) is 10.2. The molecule has 1 aliphatic rings. The zero-order chi connectivity index (χ0) is 15.7. The SMILES string of the molecule is Nc1cc(C2=[CH][Sn][c]3cc(F)ccc32)ccc1NC(=O)CCl. The Kier molecular flexibility index (Phi) is 4.40. The van der Waals surface area contributed by atoms with E-state index < -0.39 is 21.1 Å². The number of hydrogen-bond acceptors (Lipinski definition) is 2. The van der Waals surface area contributed by atoms with Crippen LogP contribution in [0.5, 0.6) is 0 Å². The van der Waals surface area contributed by atoms with Crippen molar-refractivity contribution in [3.05, 3.63) is 57.4 Å². The number of anilines is 2. The molecule has 0 aliphatic carbocycles. The van der Waals surface area contributed by atoms with Crippen molar-refractivity contribution < 1.29 is 9.18 Å². The van der Waals surface area contributed by atoms with Crippen molar-refractivity contribution in [1.29, 1.82) is 0 Å². The standard InChI is InChI=1S/C16H12ClFN2O.Sn/c1-10(11-2-5-13(18)6-3-11)12-4-7-15(14(19)8-12)20-16(21)9-17;/h1-2,4-8H,9,19H2,(H,20,21);. The number of benzene rings is 2. The molecule has 110 valence electrons. The molecular formula is C16H12ClFN2OSn. The number of nitrogen functional groups attached to an aromatic ring is 1. The number of rotatable bonds is 3. The van der Waals surface area contributed by atoms with Crippen LogP contribution >= 0.6 is 11.6 Å². The van der Waals surface area contributed by atoms with E-state index in [0.717, 1.165) is 20.3 Å². The molecule has 0 aromatic heterocycles. The summed E-state index contributed by atoms with van der Waals surface area (Å²) in [7, 11) is 0. The van der Waals surface area contributed by atoms with Crippen LogP contribution in [-0.2, 0) is 4.79 Å². The van der Waals surface area contributed by atoms with Gasteiger partial charge in [0.2, 0.25) is 0 Å². The van der Waals surface area contributed by atoms with Crippen LogP contribution in [0.25, 0.3) is 5.57 Å². The summed E-state index contributed by atoms with van der Waals surface area (Å²) >= 11 is 4.59. The van der Waals surface area contributed by atoms with Crippen molar-refractivity contribution in [2.45, 2.75) is 0 Å². The van der Waals surface area contributed by atoms with E-state index >= 15 is 0 Å². The van der Waals surface area contributed by atoms with Gasteiger partial charge in [-0.1, -0.05) is 0 Å². The summed E-state index contributed by atoms with van der Waals surface area (Å²) in [5, 5.41) is 2.65. The van der Waals surface area contributed by atoms with Crippen molar-refractivity contribution in [3.8, 4) is 0 Å². The van der Waals surface area contributed by atoms with Crippen LogP contribution in [0, 0.1) is 5.82 Å². The first kappa shape index (κ1) is 15.4. The second kappa shape index (κ2) is 6.30. The molecule has 3 N–H and O–H groups in total. The average Bonchev–Trinajstić information content (AvgIpc) is 2.92. The number of carbonyl (C=O) groups is 1. The first-order chi connectivity index (χ1) is 10.6. The monoisotopic (exact) mass is 422 g/mol. The quantitative estimate of drug-likeness (QED) is 0.454. The van der Waals surface area contributed by atoms with Gasteiger partial charge in [0.05, 0.1) is 0 Å². The third kappa shape index (κ3) is 2.98. The fraction of sp³-hybridized carbons (Fsp3) is 0.0625. The molecule has 0 unspecified atom stereocenters. The molecule has 6 heteroatoms. The van der Waals surface area contributed by atoms with Crippen molar-refractivity contribution >= 4 is 59.2 Å². The first-order valence-electron chi connectivity index (χ1n) is 6.61. The molecule has 2 aromatic carbocycles. The van der Waals surface area contributed by atoms with E-state index in [-0.39, 0.29) is 17.6 Å². The van der Waals surface area contributed by atoms with Crippen LogP contribution in [0.3, 0.4) is 0 Å². The molecule has 0 atom stereocenters. The minimum absolute atomic E-state index is 0.113. The van der Waals surface area contributed by atoms with E-state index in [9.17, 15) is 9.18 Å². The van der Waals surface area contributed by atoms with Gasteiger partial charge in [-0.25, -0.2) is 0 Å². The van der Waals surface area contributed by atoms with Crippen LogP contribution in [-0.4, -0.2) is 32.9 Å². The predicted octanol–water partition coefficient (Wildman–Crippen LogP) is 2.32. The molecule has 0 saturated carbocycles. The molecule has 22 heavy (non-hydrogen) atoms. The van der Waals surface area contributed by atoms with Gasteiger partial charge < -0.3 is 0 Å². The number of nitrogens with one attached hydrogen (secondary N) is 1. The Hall–Kier alpha value is -1.53. The van der Waals surface area contributed by atoms with Crippen LogP contribution in [0.1, 0.15) is 11.1 Å². The van der Waals surface area contributed by atoms with Crippen molar-refractivity contribution in [1.82, 2.24) is 0 Å². The molecule has 0 bridgehead atoms. The number of alkyl halides is 1. The summed E-state index contributed by atoms with van der Waals surface area (Å²) in [6.45, 7) is 0. The maximum atomic E-state index is 13.3. The molecule has 2 aromatic rings. The second-order valence-corrected chi connectivity index (χ2v) is 8.33. The van der Waals surface area contributed by atoms with E-state index in [0.29, 0.717) is 11.4 Å². The Morgan fingerprint density at radius 2 is 2.09 bits per heavy atom. The number of halogens is 2. The average molecular weight is 421 g/mol. The van der Waals surface area contributed by atoms with Crippen molar-refractivity contribution in [2.24, 2.45) is 0 Å². The molecule has 3 rings (SSSR count). The van der Waals surface area contributed by atoms with Crippen LogP contribution < -0.4 is 14.6 Å². The Balaban J connectivity index is 1.92. The van der Waals surface area contributed by atoms with Gasteiger partial charge in [0.25, 0.3) is 0 Å². The molecule has 2 radical (unpaired) electrons. The summed E-state index contributed by atoms with van der Waals surface area (Å²) in [5.74, 6) is -0.595. The molecule has 3 nitrogen and oxygen atoms in total. The van der Waals surface area contributed by atoms with Gasteiger partial charge in [-0.15, -0.1) is 0 Å². The summed E-state index contributed by atoms with van der Waals surface area (Å²) in [4.78, 5) is 11.3. The van der Waals surface area contributed by atoms with E-state index in [1.807, 2.05) is 18.2 Å². The second-order valence-electron chi connectivity index (χ2n) is 4.88. The Morgan fingerprint density at radius 1 is 1.27 bits per heavy atom. The van der Waals surface area contributed by atoms with E-state index in [4.69, 9.17) is 17.3 Å². The zero-order valence-electron chi connectivity index (χ0n) is 11.5. The topological polar surface area (TPSA) is 55.1 Å². The molecule has 1 amide bonds. The molecule has 1 heterocycles. The summed E-state index contributed by atoms with van der Waals surface area (Å²) < 4.78 is 16.7. The Labute approximate surface area is 142 Å². The molecule has 0 saturated heterocycles. The van der Waals surface area contributed by atoms with Gasteiger partial charge in [0.15, 0.2) is 0 Å². The van der Waals surface area contributed by atoms with Gasteiger partial charge in [0.1, 0.15) is 0 Å². The van der Waals surface area contributed by atoms with Crippen molar-refractivity contribution in [3.63, 3.8) is 0 Å². The van der Waals surface area contributed by atoms with Gasteiger partial charge in [0, 0.05) is 0 Å². The number of nitrogens with two attached hydrogens (primary N) is 1. The predicted molar refractivity (Wildman–Crippen MR) is 89.1 cm³/mol. The van der Waals surface area contributed by atoms with E-state index in [1.165, 1.54) is 6.07 Å². The van der Waals surface area contributed by atoms with Crippen molar-refractivity contribution in [2.75, 3.05) is 16.9 Å². The maximum absolute atomic E-state index is 13.3. The summed E-state index contributed by atoms with van der Waals surface area (Å²) in [5.41, 5.74) is 10.2. The van der Waals surface area contributed by atoms with Gasteiger partial charge >= 0.3 is 143 Å². The molecule has 0 spiro atoms. The van der Waals surface area contributed by atoms with Crippen LogP contribution in [0.2, 0.25) is 0 Å². The Morgan fingerprint density at radius 3 is 2.82 bits per heavy atom. The fourth-order valence-corrected chi connectivity index (χ4v) is 5.90. The third-order valence-electron chi connectivity index (χ3n) is 3.40. The third-order valence-corrected chi connectivity index (χ3v) is 6.95. The number of carbonyl (C=O) groups excluding carboxylic acids is 1. The number of fused-ring (bicyclic) bond motifs is 1. The van der Waals surface area contributed by atoms with Gasteiger partial charge in [-0.3, -0.25) is 0 Å². The normalized spacial score (nSPS) is 12.7. The number of hydrogen-bond donors (Lipinski definition) is 2. The van der Waals surface area contributed by atoms with E-state index in [2.05, 4.69) is 9.41 Å². The van der Waals surface area contributed by atoms with Crippen LogP contribution in [0.4, 0.5) is 15.8 Å². The molecule has 0 fully saturated rings. The van der Waals surface area contributed by atoms with Gasteiger partial charge in [-0.05, 0) is 0 Å². The zero-order valence-corrected chi connectivity index (χ0v) is 15.1. The molecular weight excluding hydrogens is 409 g/mol. The van der Waals surface area contributed by atoms with E-state index in [1.54, 1.807) is 12.1 Å². The molecule has 1 aliphatic heterocycles. The fourth-order valence-electron chi connectivity index (χ4n) is 2.36. The summed E-state index contributed by atoms with van der Waals surface area (Å²) in [6.07, 6.45) is 0. The number of amides is 1.